The molecule has 0 bridgehead atoms. The van der Waals surface area contributed by atoms with Crippen molar-refractivity contribution in [1.82, 2.24) is 4.72 Å². The van der Waals surface area contributed by atoms with Crippen molar-refractivity contribution in [2.45, 2.75) is 17.9 Å². The lowest BCUT2D eigenvalue weighted by molar-refractivity contribution is 0.457. The Balaban J connectivity index is 2.26. The zero-order valence-electron chi connectivity index (χ0n) is 9.70. The zero-order valence-corrected chi connectivity index (χ0v) is 11.3. The molecule has 1 aromatic heterocycles. The van der Waals surface area contributed by atoms with E-state index < -0.39 is 10.0 Å². The van der Waals surface area contributed by atoms with Crippen LogP contribution in [0.2, 0.25) is 0 Å². The maximum atomic E-state index is 12.1. The molecule has 2 N–H and O–H groups in total. The third-order valence-electron chi connectivity index (χ3n) is 2.53. The van der Waals surface area contributed by atoms with Crippen molar-refractivity contribution in [2.24, 2.45) is 0 Å². The molecule has 96 valence electrons. The second kappa shape index (κ2) is 5.09. The van der Waals surface area contributed by atoms with Crippen LogP contribution in [0.3, 0.4) is 0 Å². The van der Waals surface area contributed by atoms with Crippen molar-refractivity contribution in [3.8, 4) is 5.75 Å². The van der Waals surface area contributed by atoms with Crippen LogP contribution in [0.25, 0.3) is 0 Å². The predicted molar refractivity (Wildman–Crippen MR) is 71.2 cm³/mol. The molecule has 4 nitrogen and oxygen atoms in total. The number of nitrogens with one attached hydrogen (secondary N) is 1. The number of benzene rings is 1. The van der Waals surface area contributed by atoms with E-state index in [2.05, 4.69) is 4.72 Å². The van der Waals surface area contributed by atoms with E-state index in [1.165, 1.54) is 23.5 Å². The highest BCUT2D eigenvalue weighted by Gasteiger charge is 2.21. The minimum absolute atomic E-state index is 0.105. The number of thiophene rings is 1. The van der Waals surface area contributed by atoms with Crippen molar-refractivity contribution in [3.63, 3.8) is 0 Å². The van der Waals surface area contributed by atoms with Crippen LogP contribution < -0.4 is 4.72 Å². The number of hydrogen-bond donors (Lipinski definition) is 2. The molecule has 0 saturated carbocycles. The number of para-hydroxylation sites is 1. The summed E-state index contributed by atoms with van der Waals surface area (Å²) in [4.78, 5) is -0.105. The summed E-state index contributed by atoms with van der Waals surface area (Å²) in [5.74, 6) is -0.248. The molecule has 0 radical (unpaired) electrons. The van der Waals surface area contributed by atoms with Gasteiger partial charge in [-0.2, -0.15) is 11.3 Å². The summed E-state index contributed by atoms with van der Waals surface area (Å²) in [7, 11) is -3.71. The van der Waals surface area contributed by atoms with Gasteiger partial charge in [-0.15, -0.1) is 0 Å². The molecular formula is C12H13NO3S2. The number of rotatable bonds is 4. The monoisotopic (exact) mass is 283 g/mol. The summed E-state index contributed by atoms with van der Waals surface area (Å²) in [6.45, 7) is 1.76. The topological polar surface area (TPSA) is 66.4 Å². The summed E-state index contributed by atoms with van der Waals surface area (Å²) in [5.41, 5.74) is 0.902. The summed E-state index contributed by atoms with van der Waals surface area (Å²) < 4.78 is 26.7. The summed E-state index contributed by atoms with van der Waals surface area (Å²) in [6, 6.07) is 7.41. The Kier molecular flexibility index (Phi) is 3.70. The predicted octanol–water partition coefficient (Wildman–Crippen LogP) is 2.49. The second-order valence-corrected chi connectivity index (χ2v) is 6.33. The van der Waals surface area contributed by atoms with Crippen LogP contribution >= 0.6 is 11.3 Å². The molecule has 1 atom stereocenters. The molecule has 1 heterocycles. The van der Waals surface area contributed by atoms with Gasteiger partial charge in [0.15, 0.2) is 0 Å². The molecule has 0 amide bonds. The first-order valence-electron chi connectivity index (χ1n) is 5.33. The number of hydrogen-bond acceptors (Lipinski definition) is 4. The van der Waals surface area contributed by atoms with Crippen molar-refractivity contribution < 1.29 is 13.5 Å². The lowest BCUT2D eigenvalue weighted by Crippen LogP contribution is -2.26. The van der Waals surface area contributed by atoms with Gasteiger partial charge in [-0.25, -0.2) is 13.1 Å². The van der Waals surface area contributed by atoms with Crippen molar-refractivity contribution in [2.75, 3.05) is 0 Å². The molecule has 0 aliphatic rings. The van der Waals surface area contributed by atoms with Gasteiger partial charge in [0.1, 0.15) is 10.6 Å². The number of sulfonamides is 1. The third-order valence-corrected chi connectivity index (χ3v) is 4.82. The first-order chi connectivity index (χ1) is 8.50. The fraction of sp³-hybridized carbons (Fsp3) is 0.167. The average Bonchev–Trinajstić information content (AvgIpc) is 2.82. The van der Waals surface area contributed by atoms with E-state index in [-0.39, 0.29) is 16.7 Å². The Hall–Kier alpha value is -1.37. The molecule has 0 aliphatic heterocycles. The van der Waals surface area contributed by atoms with E-state index in [1.54, 1.807) is 19.1 Å². The van der Waals surface area contributed by atoms with Crippen LogP contribution in [-0.2, 0) is 10.0 Å². The maximum absolute atomic E-state index is 12.1. The molecule has 2 aromatic rings. The first-order valence-corrected chi connectivity index (χ1v) is 7.76. The van der Waals surface area contributed by atoms with Gasteiger partial charge in [-0.3, -0.25) is 0 Å². The third kappa shape index (κ3) is 2.72. The summed E-state index contributed by atoms with van der Waals surface area (Å²) in [5, 5.41) is 13.3. The van der Waals surface area contributed by atoms with E-state index in [0.29, 0.717) is 0 Å². The van der Waals surface area contributed by atoms with Crippen LogP contribution in [0.1, 0.15) is 18.5 Å². The fourth-order valence-corrected chi connectivity index (χ4v) is 3.65. The highest BCUT2D eigenvalue weighted by Crippen LogP contribution is 2.24. The van der Waals surface area contributed by atoms with E-state index in [1.807, 2.05) is 16.8 Å². The van der Waals surface area contributed by atoms with Crippen molar-refractivity contribution in [1.29, 1.82) is 0 Å². The lowest BCUT2D eigenvalue weighted by atomic mass is 10.2. The van der Waals surface area contributed by atoms with Crippen LogP contribution in [0.15, 0.2) is 46.0 Å². The molecule has 0 spiro atoms. The van der Waals surface area contributed by atoms with E-state index in [4.69, 9.17) is 0 Å². The number of aromatic hydroxyl groups is 1. The zero-order chi connectivity index (χ0) is 13.2. The van der Waals surface area contributed by atoms with Crippen molar-refractivity contribution >= 4 is 21.4 Å². The first kappa shape index (κ1) is 13.1. The van der Waals surface area contributed by atoms with Crippen LogP contribution in [-0.4, -0.2) is 13.5 Å². The molecule has 1 unspecified atom stereocenters. The van der Waals surface area contributed by atoms with Gasteiger partial charge in [-0.05, 0) is 41.4 Å². The van der Waals surface area contributed by atoms with Gasteiger partial charge in [-0.1, -0.05) is 12.1 Å². The Bertz CT molecular complexity index is 621. The van der Waals surface area contributed by atoms with Gasteiger partial charge in [0, 0.05) is 6.04 Å². The highest BCUT2D eigenvalue weighted by atomic mass is 32.2. The van der Waals surface area contributed by atoms with Gasteiger partial charge in [0.05, 0.1) is 0 Å². The van der Waals surface area contributed by atoms with Crippen LogP contribution in [0.5, 0.6) is 5.75 Å². The van der Waals surface area contributed by atoms with Gasteiger partial charge in [0.25, 0.3) is 0 Å². The molecule has 0 aliphatic carbocycles. The molecule has 18 heavy (non-hydrogen) atoms. The number of phenols is 1. The molecule has 0 saturated heterocycles. The minimum Gasteiger partial charge on any atom is -0.507 e. The fourth-order valence-electron chi connectivity index (χ4n) is 1.57. The van der Waals surface area contributed by atoms with Crippen LogP contribution in [0.4, 0.5) is 0 Å². The van der Waals surface area contributed by atoms with E-state index in [9.17, 15) is 13.5 Å². The summed E-state index contributed by atoms with van der Waals surface area (Å²) in [6.07, 6.45) is 0. The average molecular weight is 283 g/mol. The highest BCUT2D eigenvalue weighted by molar-refractivity contribution is 7.89. The van der Waals surface area contributed by atoms with Crippen LogP contribution in [0, 0.1) is 0 Å². The Labute approximate surface area is 110 Å². The number of phenolic OH excluding ortho intramolecular Hbond substituents is 1. The minimum atomic E-state index is -3.71. The quantitative estimate of drug-likeness (QED) is 0.906. The Morgan fingerprint density at radius 2 is 2.00 bits per heavy atom. The van der Waals surface area contributed by atoms with E-state index >= 15 is 0 Å². The van der Waals surface area contributed by atoms with Crippen molar-refractivity contribution in [3.05, 3.63) is 46.7 Å². The molecule has 0 fully saturated rings. The van der Waals surface area contributed by atoms with Gasteiger partial charge in [0.2, 0.25) is 10.0 Å². The Morgan fingerprint density at radius 1 is 1.28 bits per heavy atom. The van der Waals surface area contributed by atoms with Gasteiger partial charge >= 0.3 is 0 Å². The SMILES string of the molecule is CC(NS(=O)(=O)c1ccccc1O)c1ccsc1. The molecule has 6 heteroatoms. The normalized spacial score (nSPS) is 13.4. The largest absolute Gasteiger partial charge is 0.507 e. The smallest absolute Gasteiger partial charge is 0.244 e. The molecule has 2 rings (SSSR count). The summed E-state index contributed by atoms with van der Waals surface area (Å²) >= 11 is 1.51. The maximum Gasteiger partial charge on any atom is 0.244 e. The second-order valence-electron chi connectivity index (χ2n) is 3.87. The van der Waals surface area contributed by atoms with Gasteiger partial charge < -0.3 is 5.11 Å². The standard InChI is InChI=1S/C12H13NO3S2/c1-9(10-6-7-17-8-10)13-18(15,16)12-5-3-2-4-11(12)14/h2-9,13-14H,1H3. The molecule has 1 aromatic carbocycles. The Morgan fingerprint density at radius 3 is 2.61 bits per heavy atom. The van der Waals surface area contributed by atoms with E-state index in [0.717, 1.165) is 5.56 Å². The lowest BCUT2D eigenvalue weighted by Gasteiger charge is -2.13. The molecular weight excluding hydrogens is 270 g/mol.